The van der Waals surface area contributed by atoms with E-state index in [2.05, 4.69) is 18.2 Å². The molecule has 0 saturated carbocycles. The molecule has 0 aromatic heterocycles. The van der Waals surface area contributed by atoms with Gasteiger partial charge in [0, 0.05) is 5.39 Å². The zero-order valence-corrected chi connectivity index (χ0v) is 21.3. The first-order valence-corrected chi connectivity index (χ1v) is 13.2. The lowest BCUT2D eigenvalue weighted by molar-refractivity contribution is 0.423. The van der Waals surface area contributed by atoms with Crippen LogP contribution >= 0.6 is 11.8 Å². The third-order valence-electron chi connectivity index (χ3n) is 5.92. The van der Waals surface area contributed by atoms with Crippen LogP contribution in [0.1, 0.15) is 0 Å². The average Bonchev–Trinajstić information content (AvgIpc) is 2.99. The zero-order valence-electron chi connectivity index (χ0n) is 20.5. The number of ether oxygens (including phenoxy) is 3. The topological polar surface area (TPSA) is 27.7 Å². The maximum Gasteiger partial charge on any atom is 0.177 e. The second kappa shape index (κ2) is 11.2. The van der Waals surface area contributed by atoms with Crippen molar-refractivity contribution in [2.45, 2.75) is 9.79 Å². The molecule has 1 aliphatic rings. The van der Waals surface area contributed by atoms with Crippen LogP contribution < -0.4 is 14.2 Å². The molecule has 0 atom stereocenters. The first-order chi connectivity index (χ1) is 18.8. The van der Waals surface area contributed by atoms with Gasteiger partial charge in [0.25, 0.3) is 0 Å². The van der Waals surface area contributed by atoms with Gasteiger partial charge >= 0.3 is 0 Å². The predicted octanol–water partition coefficient (Wildman–Crippen LogP) is 10.4. The van der Waals surface area contributed by atoms with Gasteiger partial charge in [0.05, 0.1) is 9.79 Å². The highest BCUT2D eigenvalue weighted by Gasteiger charge is 2.16. The minimum atomic E-state index is 0.698. The lowest BCUT2D eigenvalue weighted by Gasteiger charge is -2.18. The van der Waals surface area contributed by atoms with E-state index < -0.39 is 0 Å². The molecule has 0 N–H and O–H groups in total. The summed E-state index contributed by atoms with van der Waals surface area (Å²) in [4.78, 5) is 2.37. The summed E-state index contributed by atoms with van der Waals surface area (Å²) in [5, 5.41) is 2.14. The summed E-state index contributed by atoms with van der Waals surface area (Å²) in [7, 11) is 0. The SMILES string of the molecule is c1ccc(Oc2ccc3ccccc3c2Oc2ccccc2)cc1.c1ccc2c(c1)Oc1ccccc1S2. The second-order valence-electron chi connectivity index (χ2n) is 8.54. The Morgan fingerprint density at radius 2 is 0.974 bits per heavy atom. The number of benzene rings is 6. The molecule has 0 unspecified atom stereocenters. The number of hydrogen-bond donors (Lipinski definition) is 0. The van der Waals surface area contributed by atoms with E-state index in [0.29, 0.717) is 5.75 Å². The molecule has 0 aliphatic carbocycles. The van der Waals surface area contributed by atoms with E-state index in [9.17, 15) is 0 Å². The second-order valence-corrected chi connectivity index (χ2v) is 9.63. The van der Waals surface area contributed by atoms with Gasteiger partial charge in [0.15, 0.2) is 11.5 Å². The van der Waals surface area contributed by atoms with Crippen LogP contribution in [0.2, 0.25) is 0 Å². The lowest BCUT2D eigenvalue weighted by atomic mass is 10.1. The molecule has 38 heavy (non-hydrogen) atoms. The smallest absolute Gasteiger partial charge is 0.177 e. The molecule has 1 heterocycles. The van der Waals surface area contributed by atoms with Crippen LogP contribution in [-0.2, 0) is 0 Å². The molecule has 1 aliphatic heterocycles. The van der Waals surface area contributed by atoms with Crippen molar-refractivity contribution in [2.75, 3.05) is 0 Å². The molecular weight excluding hydrogens is 488 g/mol. The Hall–Kier alpha value is -4.67. The van der Waals surface area contributed by atoms with Gasteiger partial charge < -0.3 is 14.2 Å². The fourth-order valence-electron chi connectivity index (χ4n) is 4.11. The molecule has 0 fully saturated rings. The summed E-state index contributed by atoms with van der Waals surface area (Å²) in [5.41, 5.74) is 0. The third-order valence-corrected chi connectivity index (χ3v) is 7.03. The Kier molecular flexibility index (Phi) is 6.96. The highest BCUT2D eigenvalue weighted by atomic mass is 32.2. The molecule has 0 radical (unpaired) electrons. The summed E-state index contributed by atoms with van der Waals surface area (Å²) in [6.07, 6.45) is 0. The number of fused-ring (bicyclic) bond motifs is 3. The minimum absolute atomic E-state index is 0.698. The molecule has 7 rings (SSSR count). The van der Waals surface area contributed by atoms with E-state index in [1.807, 2.05) is 127 Å². The predicted molar refractivity (Wildman–Crippen MR) is 154 cm³/mol. The third kappa shape index (κ3) is 5.36. The van der Waals surface area contributed by atoms with E-state index in [4.69, 9.17) is 14.2 Å². The van der Waals surface area contributed by atoms with E-state index in [1.165, 1.54) is 9.79 Å². The van der Waals surface area contributed by atoms with Gasteiger partial charge in [-0.2, -0.15) is 0 Å². The Morgan fingerprint density at radius 1 is 0.447 bits per heavy atom. The molecule has 6 aromatic carbocycles. The van der Waals surface area contributed by atoms with Gasteiger partial charge in [-0.15, -0.1) is 0 Å². The van der Waals surface area contributed by atoms with Gasteiger partial charge in [0.1, 0.15) is 23.0 Å². The Balaban J connectivity index is 0.000000159. The van der Waals surface area contributed by atoms with E-state index >= 15 is 0 Å². The van der Waals surface area contributed by atoms with Crippen molar-refractivity contribution < 1.29 is 14.2 Å². The highest BCUT2D eigenvalue weighted by molar-refractivity contribution is 7.99. The quantitative estimate of drug-likeness (QED) is 0.234. The molecule has 0 amide bonds. The summed E-state index contributed by atoms with van der Waals surface area (Å²) in [5.74, 6) is 4.90. The fraction of sp³-hybridized carbons (Fsp3) is 0. The van der Waals surface area contributed by atoms with E-state index in [1.54, 1.807) is 11.8 Å². The normalized spacial score (nSPS) is 11.3. The summed E-state index contributed by atoms with van der Waals surface area (Å²) >= 11 is 1.76. The first kappa shape index (κ1) is 23.7. The van der Waals surface area contributed by atoms with Crippen molar-refractivity contribution in [2.24, 2.45) is 0 Å². The molecule has 4 heteroatoms. The maximum absolute atomic E-state index is 6.17. The summed E-state index contributed by atoms with van der Waals surface area (Å²) in [6.45, 7) is 0. The average molecular weight is 513 g/mol. The van der Waals surface area contributed by atoms with Crippen LogP contribution in [0.25, 0.3) is 10.8 Å². The van der Waals surface area contributed by atoms with Crippen molar-refractivity contribution in [3.8, 4) is 34.5 Å². The van der Waals surface area contributed by atoms with Crippen molar-refractivity contribution in [1.82, 2.24) is 0 Å². The monoisotopic (exact) mass is 512 g/mol. The van der Waals surface area contributed by atoms with Crippen LogP contribution in [0, 0.1) is 0 Å². The summed E-state index contributed by atoms with van der Waals surface area (Å²) < 4.78 is 18.0. The Bertz CT molecular complexity index is 1580. The van der Waals surface area contributed by atoms with Gasteiger partial charge in [-0.05, 0) is 60.0 Å². The zero-order chi connectivity index (χ0) is 25.6. The van der Waals surface area contributed by atoms with Gasteiger partial charge in [-0.25, -0.2) is 0 Å². The van der Waals surface area contributed by atoms with Gasteiger partial charge in [0.2, 0.25) is 0 Å². The molecule has 3 nitrogen and oxygen atoms in total. The number of hydrogen-bond acceptors (Lipinski definition) is 4. The number of para-hydroxylation sites is 4. The number of rotatable bonds is 4. The van der Waals surface area contributed by atoms with Gasteiger partial charge in [-0.3, -0.25) is 0 Å². The summed E-state index contributed by atoms with van der Waals surface area (Å²) in [6, 6.07) is 47.8. The van der Waals surface area contributed by atoms with E-state index in [0.717, 1.165) is 39.5 Å². The van der Waals surface area contributed by atoms with Gasteiger partial charge in [-0.1, -0.05) is 103 Å². The van der Waals surface area contributed by atoms with Crippen molar-refractivity contribution in [3.63, 3.8) is 0 Å². The Morgan fingerprint density at radius 3 is 1.63 bits per heavy atom. The maximum atomic E-state index is 6.17. The van der Waals surface area contributed by atoms with Crippen LogP contribution in [0.4, 0.5) is 0 Å². The highest BCUT2D eigenvalue weighted by Crippen LogP contribution is 2.46. The Labute approximate surface area is 226 Å². The van der Waals surface area contributed by atoms with E-state index in [-0.39, 0.29) is 0 Å². The minimum Gasteiger partial charge on any atom is -0.455 e. The lowest BCUT2D eigenvalue weighted by Crippen LogP contribution is -1.93. The molecule has 184 valence electrons. The standard InChI is InChI=1S/C22H16O2.C12H8OS/c1-3-10-18(11-4-1)23-21-16-15-17-9-7-8-14-20(17)22(21)24-19-12-5-2-6-13-19;1-3-7-11-9(5-1)13-10-6-2-4-8-12(10)14-11/h1-16H;1-8H. The van der Waals surface area contributed by atoms with Crippen LogP contribution in [0.5, 0.6) is 34.5 Å². The van der Waals surface area contributed by atoms with Crippen molar-refractivity contribution >= 4 is 22.5 Å². The molecule has 0 bridgehead atoms. The molecule has 6 aromatic rings. The fourth-order valence-corrected chi connectivity index (χ4v) is 5.06. The van der Waals surface area contributed by atoms with Crippen LogP contribution in [-0.4, -0.2) is 0 Å². The molecular formula is C34H24O3S. The van der Waals surface area contributed by atoms with Crippen molar-refractivity contribution in [3.05, 3.63) is 146 Å². The largest absolute Gasteiger partial charge is 0.455 e. The van der Waals surface area contributed by atoms with Crippen molar-refractivity contribution in [1.29, 1.82) is 0 Å². The first-order valence-electron chi connectivity index (χ1n) is 12.3. The molecule has 0 spiro atoms. The molecule has 0 saturated heterocycles. The van der Waals surface area contributed by atoms with Crippen LogP contribution in [0.15, 0.2) is 155 Å². The van der Waals surface area contributed by atoms with Crippen LogP contribution in [0.3, 0.4) is 0 Å².